The Hall–Kier alpha value is -2.93. The van der Waals surface area contributed by atoms with Gasteiger partial charge in [-0.2, -0.15) is 0 Å². The zero-order valence-corrected chi connectivity index (χ0v) is 21.5. The van der Waals surface area contributed by atoms with E-state index in [0.717, 1.165) is 29.8 Å². The molecule has 4 rings (SSSR count). The van der Waals surface area contributed by atoms with E-state index < -0.39 is 0 Å². The maximum Gasteiger partial charge on any atom is 0.318 e. The fraction of sp³-hybridized carbons (Fsp3) is 0.536. The number of nitrogens with one attached hydrogen (secondary N) is 1. The number of rotatable bonds is 8. The molecule has 2 aromatic carbocycles. The first-order chi connectivity index (χ1) is 17.0. The second-order valence-electron chi connectivity index (χ2n) is 9.53. The van der Waals surface area contributed by atoms with Gasteiger partial charge in [0.05, 0.1) is 27.4 Å². The lowest BCUT2D eigenvalue weighted by Gasteiger charge is -2.38. The Labute approximate surface area is 209 Å². The minimum Gasteiger partial charge on any atom is -0.497 e. The van der Waals surface area contributed by atoms with E-state index in [4.69, 9.17) is 14.2 Å². The summed E-state index contributed by atoms with van der Waals surface area (Å²) in [6, 6.07) is 12.4. The Balaban J connectivity index is 1.54. The van der Waals surface area contributed by atoms with Gasteiger partial charge in [0.25, 0.3) is 0 Å². The van der Waals surface area contributed by atoms with Crippen molar-refractivity contribution in [3.63, 3.8) is 0 Å². The van der Waals surface area contributed by atoms with E-state index >= 15 is 0 Å². The van der Waals surface area contributed by atoms with E-state index in [1.54, 1.807) is 21.3 Å². The van der Waals surface area contributed by atoms with Crippen LogP contribution in [0.3, 0.4) is 0 Å². The van der Waals surface area contributed by atoms with E-state index in [0.29, 0.717) is 30.6 Å². The van der Waals surface area contributed by atoms with E-state index in [-0.39, 0.29) is 12.1 Å². The largest absolute Gasteiger partial charge is 0.497 e. The van der Waals surface area contributed by atoms with Crippen LogP contribution in [0.4, 0.5) is 4.79 Å². The van der Waals surface area contributed by atoms with Gasteiger partial charge < -0.3 is 29.3 Å². The molecular weight excluding hydrogens is 442 g/mol. The molecule has 0 saturated heterocycles. The number of nitrogens with zero attached hydrogens (tertiary/aromatic N) is 2. The third-order valence-corrected chi connectivity index (χ3v) is 7.50. The molecule has 2 aliphatic rings. The third kappa shape index (κ3) is 5.67. The smallest absolute Gasteiger partial charge is 0.318 e. The molecule has 1 fully saturated rings. The first-order valence-electron chi connectivity index (χ1n) is 12.7. The van der Waals surface area contributed by atoms with Crippen molar-refractivity contribution in [3.05, 3.63) is 53.1 Å². The number of carbonyl (C=O) groups is 1. The monoisotopic (exact) mass is 481 g/mol. The van der Waals surface area contributed by atoms with E-state index in [1.807, 2.05) is 41.3 Å². The van der Waals surface area contributed by atoms with Gasteiger partial charge in [0.15, 0.2) is 11.5 Å². The van der Waals surface area contributed by atoms with Gasteiger partial charge in [0, 0.05) is 25.7 Å². The van der Waals surface area contributed by atoms with Crippen molar-refractivity contribution in [2.24, 2.45) is 0 Å². The Kier molecular flexibility index (Phi) is 8.39. The van der Waals surface area contributed by atoms with Crippen molar-refractivity contribution in [1.29, 1.82) is 0 Å². The van der Waals surface area contributed by atoms with Gasteiger partial charge in [0.1, 0.15) is 5.75 Å². The van der Waals surface area contributed by atoms with Crippen LogP contribution < -0.4 is 19.5 Å². The molecule has 7 heteroatoms. The van der Waals surface area contributed by atoms with E-state index in [1.165, 1.54) is 37.7 Å². The molecule has 2 aromatic rings. The average Bonchev–Trinajstić information content (AvgIpc) is 2.91. The highest BCUT2D eigenvalue weighted by molar-refractivity contribution is 5.76. The van der Waals surface area contributed by atoms with E-state index in [9.17, 15) is 4.79 Å². The van der Waals surface area contributed by atoms with Crippen LogP contribution in [0.15, 0.2) is 36.4 Å². The summed E-state index contributed by atoms with van der Waals surface area (Å²) >= 11 is 0. The quantitative estimate of drug-likeness (QED) is 0.595. The van der Waals surface area contributed by atoms with Crippen molar-refractivity contribution < 1.29 is 19.0 Å². The normalized spacial score (nSPS) is 18.2. The molecule has 1 N–H and O–H groups in total. The molecular formula is C28H39N3O4. The molecule has 0 aromatic heterocycles. The topological polar surface area (TPSA) is 63.3 Å². The zero-order valence-electron chi connectivity index (χ0n) is 21.5. The number of carbonyl (C=O) groups excluding carboxylic acids is 1. The summed E-state index contributed by atoms with van der Waals surface area (Å²) in [5.41, 5.74) is 3.27. The van der Waals surface area contributed by atoms with Crippen LogP contribution in [0, 0.1) is 0 Å². The molecule has 1 aliphatic carbocycles. The van der Waals surface area contributed by atoms with Gasteiger partial charge in [-0.15, -0.1) is 0 Å². The van der Waals surface area contributed by atoms with Gasteiger partial charge in [-0.05, 0) is 67.3 Å². The number of methoxy groups -OCH3 is 3. The van der Waals surface area contributed by atoms with Crippen molar-refractivity contribution in [2.75, 3.05) is 48.0 Å². The summed E-state index contributed by atoms with van der Waals surface area (Å²) < 4.78 is 16.5. The first kappa shape index (κ1) is 25.2. The Bertz CT molecular complexity index is 988. The van der Waals surface area contributed by atoms with Crippen molar-refractivity contribution in [1.82, 2.24) is 15.1 Å². The minimum atomic E-state index is -0.222. The van der Waals surface area contributed by atoms with Crippen molar-refractivity contribution >= 4 is 6.03 Å². The molecule has 0 spiro atoms. The Morgan fingerprint density at radius 3 is 2.34 bits per heavy atom. The predicted octanol–water partition coefficient (Wildman–Crippen LogP) is 4.63. The summed E-state index contributed by atoms with van der Waals surface area (Å²) in [5.74, 6) is 2.17. The lowest BCUT2D eigenvalue weighted by Crippen LogP contribution is -2.48. The van der Waals surface area contributed by atoms with Gasteiger partial charge >= 0.3 is 6.03 Å². The maximum absolute atomic E-state index is 13.5. The second-order valence-corrected chi connectivity index (χ2v) is 9.53. The van der Waals surface area contributed by atoms with E-state index in [2.05, 4.69) is 17.3 Å². The zero-order chi connectivity index (χ0) is 24.8. The lowest BCUT2D eigenvalue weighted by atomic mass is 9.87. The fourth-order valence-electron chi connectivity index (χ4n) is 5.46. The summed E-state index contributed by atoms with van der Waals surface area (Å²) in [4.78, 5) is 17.8. The molecule has 2 amide bonds. The maximum atomic E-state index is 13.5. The SMILES string of the molecule is COc1ccc(C2c3cc(OC)c(OC)cc3CCN2C(=O)NCCN(C)C2CCCCC2)cc1. The van der Waals surface area contributed by atoms with Crippen LogP contribution in [-0.2, 0) is 6.42 Å². The summed E-state index contributed by atoms with van der Waals surface area (Å²) in [6.45, 7) is 2.12. The summed E-state index contributed by atoms with van der Waals surface area (Å²) in [7, 11) is 7.13. The molecule has 7 nitrogen and oxygen atoms in total. The molecule has 1 aliphatic heterocycles. The van der Waals surface area contributed by atoms with Crippen LogP contribution >= 0.6 is 0 Å². The molecule has 1 atom stereocenters. The van der Waals surface area contributed by atoms with Gasteiger partial charge in [-0.25, -0.2) is 4.79 Å². The fourth-order valence-corrected chi connectivity index (χ4v) is 5.46. The van der Waals surface area contributed by atoms with Crippen LogP contribution in [-0.4, -0.2) is 69.9 Å². The highest BCUT2D eigenvalue weighted by Gasteiger charge is 2.33. The van der Waals surface area contributed by atoms with Gasteiger partial charge in [-0.3, -0.25) is 0 Å². The molecule has 190 valence electrons. The third-order valence-electron chi connectivity index (χ3n) is 7.50. The second kappa shape index (κ2) is 11.7. The number of hydrogen-bond donors (Lipinski definition) is 1. The Morgan fingerprint density at radius 1 is 1.00 bits per heavy atom. The molecule has 35 heavy (non-hydrogen) atoms. The Morgan fingerprint density at radius 2 is 1.69 bits per heavy atom. The van der Waals surface area contributed by atoms with Crippen molar-refractivity contribution in [3.8, 4) is 17.2 Å². The lowest BCUT2D eigenvalue weighted by molar-refractivity contribution is 0.170. The minimum absolute atomic E-state index is 0.0386. The van der Waals surface area contributed by atoms with Gasteiger partial charge in [0.2, 0.25) is 0 Å². The highest BCUT2D eigenvalue weighted by atomic mass is 16.5. The summed E-state index contributed by atoms with van der Waals surface area (Å²) in [5, 5.41) is 3.19. The van der Waals surface area contributed by atoms with Crippen LogP contribution in [0.5, 0.6) is 17.2 Å². The predicted molar refractivity (Wildman–Crippen MR) is 138 cm³/mol. The highest BCUT2D eigenvalue weighted by Crippen LogP contribution is 2.41. The molecule has 1 unspecified atom stereocenters. The molecule has 0 radical (unpaired) electrons. The number of likely N-dealkylation sites (N-methyl/N-ethyl adjacent to an activating group) is 1. The molecule has 1 heterocycles. The van der Waals surface area contributed by atoms with Crippen LogP contribution in [0.25, 0.3) is 0 Å². The number of fused-ring (bicyclic) bond motifs is 1. The standard InChI is InChI=1S/C28H39N3O4/c1-30(22-8-6-5-7-9-22)17-15-29-28(32)31-16-14-21-18-25(34-3)26(35-4)19-24(21)27(31)20-10-12-23(33-2)13-11-20/h10-13,18-19,22,27H,5-9,14-17H2,1-4H3,(H,29,32). The van der Waals surface area contributed by atoms with Crippen LogP contribution in [0.2, 0.25) is 0 Å². The van der Waals surface area contributed by atoms with Gasteiger partial charge in [-0.1, -0.05) is 31.4 Å². The molecule has 0 bridgehead atoms. The van der Waals surface area contributed by atoms with Crippen LogP contribution in [0.1, 0.15) is 54.8 Å². The number of ether oxygens (including phenoxy) is 3. The average molecular weight is 482 g/mol. The number of amides is 2. The van der Waals surface area contributed by atoms with Crippen molar-refractivity contribution in [2.45, 2.75) is 50.6 Å². The number of benzene rings is 2. The molecule has 1 saturated carbocycles. The summed E-state index contributed by atoms with van der Waals surface area (Å²) in [6.07, 6.45) is 7.26. The first-order valence-corrected chi connectivity index (χ1v) is 12.7. The number of urea groups is 1. The number of hydrogen-bond acceptors (Lipinski definition) is 5.